The van der Waals surface area contributed by atoms with Crippen molar-refractivity contribution in [2.24, 2.45) is 11.8 Å². The zero-order valence-corrected chi connectivity index (χ0v) is 21.5. The number of ether oxygens (including phenoxy) is 1. The van der Waals surface area contributed by atoms with Crippen LogP contribution in [0.25, 0.3) is 27.7 Å². The number of hydrogen-bond acceptors (Lipinski definition) is 4. The third-order valence-corrected chi connectivity index (χ3v) is 6.35. The van der Waals surface area contributed by atoms with E-state index in [9.17, 15) is 9.59 Å². The number of esters is 1. The fourth-order valence-corrected chi connectivity index (χ4v) is 4.53. The van der Waals surface area contributed by atoms with Gasteiger partial charge in [0.05, 0.1) is 18.0 Å². The maximum Gasteiger partial charge on any atom is 0.358 e. The standard InChI is InChI=1S/C30H33N3O3/c1-6-36-30(35)26-18-27(24-12-11-21-9-7-8-10-23(21)17-24)33(32-26)25-15-13-22(14-16-25)29(34)31-28(19(2)3)20(4)5/h7-20,28H,6H2,1-5H3,(H,31,34). The summed E-state index contributed by atoms with van der Waals surface area (Å²) in [7, 11) is 0. The number of hydrogen-bond donors (Lipinski definition) is 1. The predicted molar refractivity (Wildman–Crippen MR) is 143 cm³/mol. The highest BCUT2D eigenvalue weighted by Gasteiger charge is 2.21. The highest BCUT2D eigenvalue weighted by Crippen LogP contribution is 2.28. The third-order valence-electron chi connectivity index (χ3n) is 6.35. The van der Waals surface area contributed by atoms with Gasteiger partial charge in [-0.1, -0.05) is 64.1 Å². The molecule has 0 aliphatic rings. The van der Waals surface area contributed by atoms with E-state index >= 15 is 0 Å². The first-order valence-electron chi connectivity index (χ1n) is 12.5. The Morgan fingerprint density at radius 3 is 2.19 bits per heavy atom. The molecule has 0 fully saturated rings. The van der Waals surface area contributed by atoms with Crippen LogP contribution in [-0.2, 0) is 4.74 Å². The van der Waals surface area contributed by atoms with Crippen LogP contribution in [0.1, 0.15) is 55.5 Å². The Labute approximate surface area is 212 Å². The topological polar surface area (TPSA) is 73.2 Å². The van der Waals surface area contributed by atoms with Gasteiger partial charge in [-0.3, -0.25) is 4.79 Å². The summed E-state index contributed by atoms with van der Waals surface area (Å²) in [5.74, 6) is 0.102. The molecule has 0 radical (unpaired) electrons. The van der Waals surface area contributed by atoms with Gasteiger partial charge in [-0.05, 0) is 65.9 Å². The van der Waals surface area contributed by atoms with Crippen molar-refractivity contribution in [1.82, 2.24) is 15.1 Å². The second kappa shape index (κ2) is 10.8. The molecule has 6 heteroatoms. The molecule has 6 nitrogen and oxygen atoms in total. The van der Waals surface area contributed by atoms with E-state index in [0.29, 0.717) is 17.4 Å². The molecule has 36 heavy (non-hydrogen) atoms. The Kier molecular flexibility index (Phi) is 7.53. The van der Waals surface area contributed by atoms with Crippen LogP contribution in [0.15, 0.2) is 72.8 Å². The Morgan fingerprint density at radius 2 is 1.56 bits per heavy atom. The van der Waals surface area contributed by atoms with Gasteiger partial charge in [-0.25, -0.2) is 9.48 Å². The van der Waals surface area contributed by atoms with Gasteiger partial charge in [0, 0.05) is 17.2 Å². The summed E-state index contributed by atoms with van der Waals surface area (Å²) in [6.07, 6.45) is 0. The van der Waals surface area contributed by atoms with Gasteiger partial charge >= 0.3 is 5.97 Å². The molecule has 0 saturated carbocycles. The summed E-state index contributed by atoms with van der Waals surface area (Å²) in [6, 6.07) is 23.4. The van der Waals surface area contributed by atoms with Gasteiger partial charge < -0.3 is 10.1 Å². The highest BCUT2D eigenvalue weighted by atomic mass is 16.5. The number of amides is 1. The number of carbonyl (C=O) groups is 2. The molecule has 4 aromatic rings. The Morgan fingerprint density at radius 1 is 0.889 bits per heavy atom. The molecule has 0 saturated heterocycles. The van der Waals surface area contributed by atoms with E-state index in [1.54, 1.807) is 29.8 Å². The first kappa shape index (κ1) is 25.2. The van der Waals surface area contributed by atoms with Crippen LogP contribution < -0.4 is 5.32 Å². The van der Waals surface area contributed by atoms with Gasteiger partial charge in [-0.2, -0.15) is 5.10 Å². The normalized spacial score (nSPS) is 11.4. The van der Waals surface area contributed by atoms with E-state index in [1.807, 2.05) is 30.3 Å². The van der Waals surface area contributed by atoms with Crippen LogP contribution in [0.4, 0.5) is 0 Å². The lowest BCUT2D eigenvalue weighted by Crippen LogP contribution is -2.42. The molecule has 1 aromatic heterocycles. The molecule has 0 aliphatic heterocycles. The van der Waals surface area contributed by atoms with Crippen LogP contribution >= 0.6 is 0 Å². The minimum Gasteiger partial charge on any atom is -0.461 e. The van der Waals surface area contributed by atoms with E-state index in [1.165, 1.54) is 0 Å². The van der Waals surface area contributed by atoms with E-state index in [4.69, 9.17) is 4.74 Å². The maximum absolute atomic E-state index is 12.9. The summed E-state index contributed by atoms with van der Waals surface area (Å²) >= 11 is 0. The van der Waals surface area contributed by atoms with Crippen LogP contribution in [0, 0.1) is 11.8 Å². The summed E-state index contributed by atoms with van der Waals surface area (Å²) in [6.45, 7) is 10.5. The van der Waals surface area contributed by atoms with Crippen molar-refractivity contribution >= 4 is 22.6 Å². The van der Waals surface area contributed by atoms with Crippen LogP contribution in [0.5, 0.6) is 0 Å². The van der Waals surface area contributed by atoms with Gasteiger partial charge in [-0.15, -0.1) is 0 Å². The second-order valence-corrected chi connectivity index (χ2v) is 9.64. The molecule has 0 unspecified atom stereocenters. The first-order valence-corrected chi connectivity index (χ1v) is 12.5. The number of fused-ring (bicyclic) bond motifs is 1. The van der Waals surface area contributed by atoms with Crippen molar-refractivity contribution in [3.63, 3.8) is 0 Å². The quantitative estimate of drug-likeness (QED) is 0.299. The highest BCUT2D eigenvalue weighted by molar-refractivity contribution is 5.95. The summed E-state index contributed by atoms with van der Waals surface area (Å²) in [4.78, 5) is 25.4. The molecule has 3 aromatic carbocycles. The Bertz CT molecular complexity index is 1360. The molecule has 4 rings (SSSR count). The Hall–Kier alpha value is -3.93. The van der Waals surface area contributed by atoms with Crippen molar-refractivity contribution in [2.45, 2.75) is 40.7 Å². The molecular formula is C30H33N3O3. The lowest BCUT2D eigenvalue weighted by Gasteiger charge is -2.26. The van der Waals surface area contributed by atoms with E-state index in [-0.39, 0.29) is 24.2 Å². The summed E-state index contributed by atoms with van der Waals surface area (Å²) in [5.41, 5.74) is 3.25. The van der Waals surface area contributed by atoms with Crippen molar-refractivity contribution in [1.29, 1.82) is 0 Å². The molecule has 1 amide bonds. The minimum atomic E-state index is -0.470. The fraction of sp³-hybridized carbons (Fsp3) is 0.300. The van der Waals surface area contributed by atoms with Gasteiger partial charge in [0.1, 0.15) is 0 Å². The largest absolute Gasteiger partial charge is 0.461 e. The summed E-state index contributed by atoms with van der Waals surface area (Å²) in [5, 5.41) is 9.95. The average molecular weight is 484 g/mol. The number of benzene rings is 3. The third kappa shape index (κ3) is 5.33. The van der Waals surface area contributed by atoms with Crippen LogP contribution in [0.3, 0.4) is 0 Å². The van der Waals surface area contributed by atoms with Gasteiger partial charge in [0.25, 0.3) is 5.91 Å². The van der Waals surface area contributed by atoms with Gasteiger partial charge in [0.2, 0.25) is 0 Å². The van der Waals surface area contributed by atoms with E-state index in [0.717, 1.165) is 27.7 Å². The number of nitrogens with zero attached hydrogens (tertiary/aromatic N) is 2. The predicted octanol–water partition coefficient (Wildman–Crippen LogP) is 6.28. The monoisotopic (exact) mass is 483 g/mol. The Balaban J connectivity index is 1.70. The van der Waals surface area contributed by atoms with E-state index < -0.39 is 5.97 Å². The smallest absolute Gasteiger partial charge is 0.358 e. The molecule has 0 bridgehead atoms. The molecule has 0 atom stereocenters. The van der Waals surface area contributed by atoms with Crippen LogP contribution in [0.2, 0.25) is 0 Å². The van der Waals surface area contributed by atoms with Crippen LogP contribution in [-0.4, -0.2) is 34.3 Å². The van der Waals surface area contributed by atoms with E-state index in [2.05, 4.69) is 62.4 Å². The zero-order valence-electron chi connectivity index (χ0n) is 21.5. The fourth-order valence-electron chi connectivity index (χ4n) is 4.53. The number of rotatable bonds is 8. The van der Waals surface area contributed by atoms with Crippen molar-refractivity contribution < 1.29 is 14.3 Å². The molecule has 0 aliphatic carbocycles. The second-order valence-electron chi connectivity index (χ2n) is 9.64. The average Bonchev–Trinajstić information content (AvgIpc) is 3.32. The van der Waals surface area contributed by atoms with Gasteiger partial charge in [0.15, 0.2) is 5.69 Å². The molecule has 1 N–H and O–H groups in total. The van der Waals surface area contributed by atoms with Crippen molar-refractivity contribution in [2.75, 3.05) is 6.61 Å². The molecule has 1 heterocycles. The van der Waals surface area contributed by atoms with Crippen molar-refractivity contribution in [3.05, 3.63) is 84.1 Å². The number of carbonyl (C=O) groups excluding carboxylic acids is 2. The molecular weight excluding hydrogens is 450 g/mol. The lowest BCUT2D eigenvalue weighted by molar-refractivity contribution is 0.0518. The number of aromatic nitrogens is 2. The van der Waals surface area contributed by atoms with Crippen molar-refractivity contribution in [3.8, 4) is 16.9 Å². The summed E-state index contributed by atoms with van der Waals surface area (Å²) < 4.78 is 6.92. The maximum atomic E-state index is 12.9. The number of nitrogens with one attached hydrogen (secondary N) is 1. The zero-order chi connectivity index (χ0) is 25.8. The first-order chi connectivity index (χ1) is 17.3. The SMILES string of the molecule is CCOC(=O)c1cc(-c2ccc3ccccc3c2)n(-c2ccc(C(=O)NC(C(C)C)C(C)C)cc2)n1. The lowest BCUT2D eigenvalue weighted by atomic mass is 9.93. The molecule has 0 spiro atoms. The minimum absolute atomic E-state index is 0.0925. The molecule has 186 valence electrons.